The normalized spacial score (nSPS) is 15.2. The SMILES string of the molecule is Cc1csc2nc(NC(=O)C3=NNC(=O)CC3)nn12. The number of hydrogen-bond acceptors (Lipinski definition) is 6. The average molecular weight is 278 g/mol. The van der Waals surface area contributed by atoms with Crippen LogP contribution in [0.15, 0.2) is 10.5 Å². The number of thiazole rings is 1. The molecule has 3 rings (SSSR count). The fraction of sp³-hybridized carbons (Fsp3) is 0.300. The van der Waals surface area contributed by atoms with Gasteiger partial charge in [0.05, 0.1) is 5.69 Å². The first kappa shape index (κ1) is 11.8. The first-order valence-corrected chi connectivity index (χ1v) is 6.49. The molecule has 2 amide bonds. The third-order valence-corrected chi connectivity index (χ3v) is 3.57. The van der Waals surface area contributed by atoms with Gasteiger partial charge in [0.25, 0.3) is 11.9 Å². The number of fused-ring (bicyclic) bond motifs is 1. The molecule has 19 heavy (non-hydrogen) atoms. The van der Waals surface area contributed by atoms with Gasteiger partial charge in [-0.2, -0.15) is 10.1 Å². The Kier molecular flexibility index (Phi) is 2.75. The van der Waals surface area contributed by atoms with Crippen molar-refractivity contribution in [2.75, 3.05) is 5.32 Å². The van der Waals surface area contributed by atoms with Crippen molar-refractivity contribution in [2.45, 2.75) is 19.8 Å². The molecule has 1 aliphatic heterocycles. The molecular formula is C10H10N6O2S. The van der Waals surface area contributed by atoms with Crippen molar-refractivity contribution in [2.24, 2.45) is 5.10 Å². The van der Waals surface area contributed by atoms with Crippen LogP contribution in [-0.2, 0) is 9.59 Å². The largest absolute Gasteiger partial charge is 0.288 e. The summed E-state index contributed by atoms with van der Waals surface area (Å²) in [5.74, 6) is -0.344. The molecule has 0 spiro atoms. The number of carbonyl (C=O) groups excluding carboxylic acids is 2. The number of hydrogen-bond donors (Lipinski definition) is 2. The molecule has 0 fully saturated rings. The fourth-order valence-corrected chi connectivity index (χ4v) is 2.46. The molecule has 3 heterocycles. The molecule has 2 N–H and O–H groups in total. The summed E-state index contributed by atoms with van der Waals surface area (Å²) in [6.07, 6.45) is 0.579. The monoisotopic (exact) mass is 278 g/mol. The highest BCUT2D eigenvalue weighted by atomic mass is 32.1. The molecule has 98 valence electrons. The Labute approximate surface area is 111 Å². The van der Waals surface area contributed by atoms with Crippen LogP contribution in [0.3, 0.4) is 0 Å². The van der Waals surface area contributed by atoms with Crippen molar-refractivity contribution in [1.82, 2.24) is 20.0 Å². The maximum Gasteiger partial charge on any atom is 0.274 e. The second kappa shape index (κ2) is 4.43. The van der Waals surface area contributed by atoms with E-state index in [-0.39, 0.29) is 24.0 Å². The molecule has 0 saturated heterocycles. The number of aromatic nitrogens is 3. The molecule has 0 saturated carbocycles. The van der Waals surface area contributed by atoms with E-state index in [1.807, 2.05) is 12.3 Å². The lowest BCUT2D eigenvalue weighted by Crippen LogP contribution is -2.33. The van der Waals surface area contributed by atoms with Crippen molar-refractivity contribution >= 4 is 39.8 Å². The van der Waals surface area contributed by atoms with Gasteiger partial charge in [0.2, 0.25) is 10.9 Å². The second-order valence-corrected chi connectivity index (χ2v) is 4.89. The number of anilines is 1. The zero-order valence-corrected chi connectivity index (χ0v) is 10.8. The molecule has 0 atom stereocenters. The standard InChI is InChI=1S/C10H10N6O2S/c1-5-4-19-10-12-9(15-16(5)10)11-8(18)6-2-3-7(17)14-13-6/h4H,2-3H2,1H3,(H,14,17)(H,11,15,18). The molecular weight excluding hydrogens is 268 g/mol. The van der Waals surface area contributed by atoms with Gasteiger partial charge in [-0.25, -0.2) is 9.94 Å². The minimum Gasteiger partial charge on any atom is -0.288 e. The summed E-state index contributed by atoms with van der Waals surface area (Å²) in [5, 5.41) is 12.4. The van der Waals surface area contributed by atoms with Crippen LogP contribution in [0.5, 0.6) is 0 Å². The zero-order chi connectivity index (χ0) is 13.4. The van der Waals surface area contributed by atoms with Gasteiger partial charge in [-0.1, -0.05) is 0 Å². The first-order valence-electron chi connectivity index (χ1n) is 5.61. The van der Waals surface area contributed by atoms with Crippen LogP contribution in [0.2, 0.25) is 0 Å². The van der Waals surface area contributed by atoms with Crippen LogP contribution in [0.25, 0.3) is 4.96 Å². The van der Waals surface area contributed by atoms with Gasteiger partial charge in [-0.15, -0.1) is 16.4 Å². The minimum absolute atomic E-state index is 0.187. The number of amides is 2. The van der Waals surface area contributed by atoms with E-state index in [2.05, 4.69) is 25.9 Å². The van der Waals surface area contributed by atoms with Crippen LogP contribution in [-0.4, -0.2) is 32.1 Å². The number of hydrazone groups is 1. The summed E-state index contributed by atoms with van der Waals surface area (Å²) in [5.41, 5.74) is 3.50. The van der Waals surface area contributed by atoms with Crippen LogP contribution in [0, 0.1) is 6.92 Å². The quantitative estimate of drug-likeness (QED) is 0.825. The summed E-state index contributed by atoms with van der Waals surface area (Å²) < 4.78 is 1.66. The summed E-state index contributed by atoms with van der Waals surface area (Å²) in [7, 11) is 0. The summed E-state index contributed by atoms with van der Waals surface area (Å²) >= 11 is 1.45. The Hall–Kier alpha value is -2.29. The molecule has 0 bridgehead atoms. The number of rotatable bonds is 2. The van der Waals surface area contributed by atoms with Gasteiger partial charge in [0, 0.05) is 18.2 Å². The third-order valence-electron chi connectivity index (χ3n) is 2.64. The van der Waals surface area contributed by atoms with E-state index in [1.165, 1.54) is 11.3 Å². The molecule has 2 aromatic heterocycles. The van der Waals surface area contributed by atoms with E-state index in [1.54, 1.807) is 4.52 Å². The average Bonchev–Trinajstić information content (AvgIpc) is 2.93. The van der Waals surface area contributed by atoms with Crippen molar-refractivity contribution in [3.63, 3.8) is 0 Å². The van der Waals surface area contributed by atoms with Crippen LogP contribution < -0.4 is 10.7 Å². The minimum atomic E-state index is -0.393. The van der Waals surface area contributed by atoms with E-state index in [0.717, 1.165) is 5.69 Å². The lowest BCUT2D eigenvalue weighted by molar-refractivity contribution is -0.121. The first-order chi connectivity index (χ1) is 9.13. The van der Waals surface area contributed by atoms with Crippen molar-refractivity contribution in [3.8, 4) is 0 Å². The Balaban J connectivity index is 1.77. The van der Waals surface area contributed by atoms with E-state index in [4.69, 9.17) is 0 Å². The highest BCUT2D eigenvalue weighted by Crippen LogP contribution is 2.15. The maximum absolute atomic E-state index is 11.9. The number of aryl methyl sites for hydroxylation is 1. The van der Waals surface area contributed by atoms with Gasteiger partial charge in [-0.05, 0) is 6.92 Å². The van der Waals surface area contributed by atoms with Gasteiger partial charge in [-0.3, -0.25) is 14.9 Å². The van der Waals surface area contributed by atoms with Gasteiger partial charge < -0.3 is 0 Å². The number of nitrogens with one attached hydrogen (secondary N) is 2. The smallest absolute Gasteiger partial charge is 0.274 e. The second-order valence-electron chi connectivity index (χ2n) is 4.05. The number of nitrogens with zero attached hydrogens (tertiary/aromatic N) is 4. The van der Waals surface area contributed by atoms with E-state index in [9.17, 15) is 9.59 Å². The predicted molar refractivity (Wildman–Crippen MR) is 69.0 cm³/mol. The fourth-order valence-electron chi connectivity index (χ4n) is 1.66. The number of carbonyl (C=O) groups is 2. The Morgan fingerprint density at radius 1 is 1.53 bits per heavy atom. The van der Waals surface area contributed by atoms with Gasteiger partial charge >= 0.3 is 0 Å². The molecule has 1 aliphatic rings. The zero-order valence-electron chi connectivity index (χ0n) is 10.0. The van der Waals surface area contributed by atoms with Crippen LogP contribution in [0.4, 0.5) is 5.95 Å². The van der Waals surface area contributed by atoms with Crippen molar-refractivity contribution in [1.29, 1.82) is 0 Å². The predicted octanol–water partition coefficient (Wildman–Crippen LogP) is 0.304. The van der Waals surface area contributed by atoms with Gasteiger partial charge in [0.15, 0.2) is 0 Å². The maximum atomic E-state index is 11.9. The van der Waals surface area contributed by atoms with Crippen LogP contribution >= 0.6 is 11.3 Å². The van der Waals surface area contributed by atoms with Crippen LogP contribution in [0.1, 0.15) is 18.5 Å². The highest BCUT2D eigenvalue weighted by Gasteiger charge is 2.19. The van der Waals surface area contributed by atoms with Crippen molar-refractivity contribution < 1.29 is 9.59 Å². The lowest BCUT2D eigenvalue weighted by Gasteiger charge is -2.10. The van der Waals surface area contributed by atoms with Crippen molar-refractivity contribution in [3.05, 3.63) is 11.1 Å². The summed E-state index contributed by atoms with van der Waals surface area (Å²) in [6.45, 7) is 1.91. The summed E-state index contributed by atoms with van der Waals surface area (Å²) in [6, 6.07) is 0. The third kappa shape index (κ3) is 2.19. The molecule has 9 heteroatoms. The van der Waals surface area contributed by atoms with E-state index < -0.39 is 5.91 Å². The highest BCUT2D eigenvalue weighted by molar-refractivity contribution is 7.15. The molecule has 0 aromatic carbocycles. The Bertz CT molecular complexity index is 700. The van der Waals surface area contributed by atoms with E-state index >= 15 is 0 Å². The molecule has 8 nitrogen and oxygen atoms in total. The molecule has 0 aliphatic carbocycles. The summed E-state index contributed by atoms with van der Waals surface area (Å²) in [4.78, 5) is 27.7. The molecule has 2 aromatic rings. The lowest BCUT2D eigenvalue weighted by atomic mass is 10.2. The topological polar surface area (TPSA) is 101 Å². The van der Waals surface area contributed by atoms with Gasteiger partial charge in [0.1, 0.15) is 5.71 Å². The Morgan fingerprint density at radius 3 is 3.05 bits per heavy atom. The van der Waals surface area contributed by atoms with E-state index in [0.29, 0.717) is 11.4 Å². The molecule has 0 radical (unpaired) electrons. The molecule has 0 unspecified atom stereocenters. The Morgan fingerprint density at radius 2 is 2.37 bits per heavy atom.